The fourth-order valence-electron chi connectivity index (χ4n) is 2.59. The summed E-state index contributed by atoms with van der Waals surface area (Å²) in [7, 11) is 0. The molecule has 0 aliphatic heterocycles. The van der Waals surface area contributed by atoms with E-state index in [0.29, 0.717) is 5.78 Å². The van der Waals surface area contributed by atoms with Crippen molar-refractivity contribution in [3.8, 4) is 0 Å². The Balaban J connectivity index is 1.57. The van der Waals surface area contributed by atoms with Crippen molar-refractivity contribution in [3.05, 3.63) is 65.7 Å². The Labute approximate surface area is 118 Å². The summed E-state index contributed by atoms with van der Waals surface area (Å²) >= 11 is 1.84. The van der Waals surface area contributed by atoms with Crippen molar-refractivity contribution in [2.45, 2.75) is 17.7 Å². The van der Waals surface area contributed by atoms with Crippen molar-refractivity contribution in [2.24, 2.45) is 5.92 Å². The van der Waals surface area contributed by atoms with Gasteiger partial charge in [-0.15, -0.1) is 11.8 Å². The highest BCUT2D eigenvalue weighted by atomic mass is 32.2. The molecule has 2 heteroatoms. The second kappa shape index (κ2) is 5.62. The minimum atomic E-state index is 0.189. The molecule has 0 saturated carbocycles. The van der Waals surface area contributed by atoms with Crippen molar-refractivity contribution in [3.63, 3.8) is 0 Å². The quantitative estimate of drug-likeness (QED) is 0.772. The predicted octanol–water partition coefficient (Wildman–Crippen LogP) is 4.22. The van der Waals surface area contributed by atoms with Crippen LogP contribution in [0.4, 0.5) is 0 Å². The molecule has 0 bridgehead atoms. The summed E-state index contributed by atoms with van der Waals surface area (Å²) in [4.78, 5) is 13.5. The zero-order chi connectivity index (χ0) is 13.1. The van der Waals surface area contributed by atoms with Gasteiger partial charge in [-0.05, 0) is 36.3 Å². The van der Waals surface area contributed by atoms with Crippen LogP contribution in [0.5, 0.6) is 0 Å². The van der Waals surface area contributed by atoms with E-state index in [9.17, 15) is 4.79 Å². The first-order valence-corrected chi connectivity index (χ1v) is 7.63. The van der Waals surface area contributed by atoms with E-state index in [1.54, 1.807) is 0 Å². The summed E-state index contributed by atoms with van der Waals surface area (Å²) in [6, 6.07) is 18.4. The molecule has 1 aliphatic rings. The number of Topliss-reactive ketones (excluding diaryl/α,β-unsaturated/α-hetero) is 1. The van der Waals surface area contributed by atoms with E-state index in [1.807, 2.05) is 36.0 Å². The SMILES string of the molecule is O=C1c2ccccc2CC1CCSc1ccccc1. The summed E-state index contributed by atoms with van der Waals surface area (Å²) in [5.74, 6) is 1.53. The van der Waals surface area contributed by atoms with Crippen molar-refractivity contribution in [1.29, 1.82) is 0 Å². The molecule has 0 radical (unpaired) electrons. The Morgan fingerprint density at radius 3 is 2.53 bits per heavy atom. The highest BCUT2D eigenvalue weighted by molar-refractivity contribution is 7.99. The molecule has 1 unspecified atom stereocenters. The third kappa shape index (κ3) is 2.74. The first-order valence-electron chi connectivity index (χ1n) is 6.64. The van der Waals surface area contributed by atoms with Gasteiger partial charge in [-0.25, -0.2) is 0 Å². The molecule has 0 aromatic heterocycles. The van der Waals surface area contributed by atoms with Crippen LogP contribution in [0.25, 0.3) is 0 Å². The van der Waals surface area contributed by atoms with E-state index in [2.05, 4.69) is 30.3 Å². The Hall–Kier alpha value is -1.54. The monoisotopic (exact) mass is 268 g/mol. The van der Waals surface area contributed by atoms with Crippen LogP contribution in [0.15, 0.2) is 59.5 Å². The average molecular weight is 268 g/mol. The van der Waals surface area contributed by atoms with Gasteiger partial charge in [-0.2, -0.15) is 0 Å². The lowest BCUT2D eigenvalue weighted by Gasteiger charge is -2.07. The Bertz CT molecular complexity index is 577. The molecule has 19 heavy (non-hydrogen) atoms. The second-order valence-electron chi connectivity index (χ2n) is 4.87. The molecule has 0 fully saturated rings. The Kier molecular flexibility index (Phi) is 3.69. The molecule has 1 atom stereocenters. The third-order valence-corrected chi connectivity index (χ3v) is 4.64. The zero-order valence-corrected chi connectivity index (χ0v) is 11.5. The van der Waals surface area contributed by atoms with Gasteiger partial charge >= 0.3 is 0 Å². The van der Waals surface area contributed by atoms with Crippen LogP contribution in [0.2, 0.25) is 0 Å². The minimum Gasteiger partial charge on any atom is -0.294 e. The van der Waals surface area contributed by atoms with Crippen LogP contribution >= 0.6 is 11.8 Å². The Morgan fingerprint density at radius 2 is 1.74 bits per heavy atom. The van der Waals surface area contributed by atoms with Crippen molar-refractivity contribution >= 4 is 17.5 Å². The zero-order valence-electron chi connectivity index (χ0n) is 10.7. The van der Waals surface area contributed by atoms with Gasteiger partial charge in [0.05, 0.1) is 0 Å². The van der Waals surface area contributed by atoms with Gasteiger partial charge in [0.2, 0.25) is 0 Å². The maximum absolute atomic E-state index is 12.2. The van der Waals surface area contributed by atoms with Crippen LogP contribution in [-0.2, 0) is 6.42 Å². The van der Waals surface area contributed by atoms with Gasteiger partial charge in [0, 0.05) is 16.4 Å². The summed E-state index contributed by atoms with van der Waals surface area (Å²) in [6.07, 6.45) is 1.89. The van der Waals surface area contributed by atoms with Gasteiger partial charge in [-0.3, -0.25) is 4.79 Å². The normalized spacial score (nSPS) is 17.5. The summed E-state index contributed by atoms with van der Waals surface area (Å²) in [5.41, 5.74) is 2.17. The number of benzene rings is 2. The summed E-state index contributed by atoms with van der Waals surface area (Å²) < 4.78 is 0. The topological polar surface area (TPSA) is 17.1 Å². The van der Waals surface area contributed by atoms with E-state index < -0.39 is 0 Å². The van der Waals surface area contributed by atoms with Gasteiger partial charge in [0.1, 0.15) is 0 Å². The molecule has 96 valence electrons. The molecule has 3 rings (SSSR count). The molecule has 0 amide bonds. The van der Waals surface area contributed by atoms with Gasteiger partial charge in [-0.1, -0.05) is 42.5 Å². The van der Waals surface area contributed by atoms with Gasteiger partial charge in [0.25, 0.3) is 0 Å². The number of fused-ring (bicyclic) bond motifs is 1. The lowest BCUT2D eigenvalue weighted by Crippen LogP contribution is -2.09. The number of ketones is 1. The van der Waals surface area contributed by atoms with Crippen LogP contribution in [-0.4, -0.2) is 11.5 Å². The van der Waals surface area contributed by atoms with Crippen molar-refractivity contribution in [2.75, 3.05) is 5.75 Å². The van der Waals surface area contributed by atoms with E-state index in [-0.39, 0.29) is 5.92 Å². The van der Waals surface area contributed by atoms with Gasteiger partial charge < -0.3 is 0 Å². The maximum Gasteiger partial charge on any atom is 0.166 e. The molecule has 0 heterocycles. The summed E-state index contributed by atoms with van der Waals surface area (Å²) in [6.45, 7) is 0. The Morgan fingerprint density at radius 1 is 1.00 bits per heavy atom. The smallest absolute Gasteiger partial charge is 0.166 e. The second-order valence-corrected chi connectivity index (χ2v) is 6.04. The highest BCUT2D eigenvalue weighted by Crippen LogP contribution is 2.30. The lowest BCUT2D eigenvalue weighted by molar-refractivity contribution is 0.0934. The predicted molar refractivity (Wildman–Crippen MR) is 79.7 cm³/mol. The van der Waals surface area contributed by atoms with E-state index in [1.165, 1.54) is 10.5 Å². The lowest BCUT2D eigenvalue weighted by atomic mass is 10.0. The van der Waals surface area contributed by atoms with E-state index in [0.717, 1.165) is 24.2 Å². The molecule has 2 aromatic rings. The molecule has 2 aromatic carbocycles. The molecule has 1 aliphatic carbocycles. The van der Waals surface area contributed by atoms with Crippen LogP contribution in [0.3, 0.4) is 0 Å². The minimum absolute atomic E-state index is 0.189. The number of rotatable bonds is 4. The van der Waals surface area contributed by atoms with Crippen LogP contribution in [0, 0.1) is 5.92 Å². The molecule has 0 saturated heterocycles. The molecule has 0 spiro atoms. The molecule has 1 nitrogen and oxygen atoms in total. The first-order chi connectivity index (χ1) is 9.34. The third-order valence-electron chi connectivity index (χ3n) is 3.60. The molecule has 0 N–H and O–H groups in total. The van der Waals surface area contributed by atoms with Gasteiger partial charge in [0.15, 0.2) is 5.78 Å². The standard InChI is InChI=1S/C17H16OS/c18-17-14(12-13-6-4-5-9-16(13)17)10-11-19-15-7-2-1-3-8-15/h1-9,14H,10-12H2. The average Bonchev–Trinajstić information content (AvgIpc) is 2.78. The summed E-state index contributed by atoms with van der Waals surface area (Å²) in [5, 5.41) is 0. The van der Waals surface area contributed by atoms with Crippen molar-refractivity contribution in [1.82, 2.24) is 0 Å². The first kappa shape index (κ1) is 12.5. The van der Waals surface area contributed by atoms with E-state index in [4.69, 9.17) is 0 Å². The fraction of sp³-hybridized carbons (Fsp3) is 0.235. The molecular formula is C17H16OS. The van der Waals surface area contributed by atoms with Crippen LogP contribution < -0.4 is 0 Å². The largest absolute Gasteiger partial charge is 0.294 e. The molecular weight excluding hydrogens is 252 g/mol. The highest BCUT2D eigenvalue weighted by Gasteiger charge is 2.29. The number of carbonyl (C=O) groups is 1. The van der Waals surface area contributed by atoms with E-state index >= 15 is 0 Å². The number of hydrogen-bond donors (Lipinski definition) is 0. The van der Waals surface area contributed by atoms with Crippen LogP contribution in [0.1, 0.15) is 22.3 Å². The number of hydrogen-bond acceptors (Lipinski definition) is 2. The maximum atomic E-state index is 12.2. The number of thioether (sulfide) groups is 1. The number of carbonyl (C=O) groups excluding carboxylic acids is 1. The fourth-order valence-corrected chi connectivity index (χ4v) is 3.57. The van der Waals surface area contributed by atoms with Crippen molar-refractivity contribution < 1.29 is 4.79 Å².